The summed E-state index contributed by atoms with van der Waals surface area (Å²) in [4.78, 5) is 14.5. The van der Waals surface area contributed by atoms with Crippen molar-refractivity contribution < 1.29 is 9.90 Å². The monoisotopic (exact) mass is 374 g/mol. The topological polar surface area (TPSA) is 66.6 Å². The number of aryl methyl sites for hydroxylation is 1. The predicted octanol–water partition coefficient (Wildman–Crippen LogP) is 2.92. The van der Waals surface area contributed by atoms with Crippen molar-refractivity contribution in [1.29, 1.82) is 0 Å². The fourth-order valence-electron chi connectivity index (χ4n) is 3.09. The van der Waals surface area contributed by atoms with Gasteiger partial charge >= 0.3 is 0 Å². The van der Waals surface area contributed by atoms with E-state index in [4.69, 9.17) is 5.73 Å². The second-order valence-corrected chi connectivity index (χ2v) is 6.76. The van der Waals surface area contributed by atoms with Crippen molar-refractivity contribution in [2.45, 2.75) is 25.8 Å². The molecule has 5 heteroatoms. The average molecular weight is 375 g/mol. The number of para-hydroxylation sites is 1. The first kappa shape index (κ1) is 16.0. The summed E-state index contributed by atoms with van der Waals surface area (Å²) < 4.78 is 0.778. The summed E-state index contributed by atoms with van der Waals surface area (Å²) in [5.74, 6) is 0.140. The molecule has 4 nitrogen and oxygen atoms in total. The van der Waals surface area contributed by atoms with Crippen LogP contribution in [0.4, 0.5) is 5.69 Å². The van der Waals surface area contributed by atoms with E-state index in [0.29, 0.717) is 13.0 Å². The van der Waals surface area contributed by atoms with Gasteiger partial charge in [-0.2, -0.15) is 0 Å². The van der Waals surface area contributed by atoms with Crippen LogP contribution >= 0.6 is 15.9 Å². The average Bonchev–Trinajstić information content (AvgIpc) is 2.93. The lowest BCUT2D eigenvalue weighted by Gasteiger charge is -2.22. The van der Waals surface area contributed by atoms with Gasteiger partial charge in [0.1, 0.15) is 5.75 Å². The van der Waals surface area contributed by atoms with Gasteiger partial charge in [-0.3, -0.25) is 4.79 Å². The Morgan fingerprint density at radius 3 is 2.87 bits per heavy atom. The molecular formula is C18H19BrN2O2. The van der Waals surface area contributed by atoms with Crippen LogP contribution in [-0.4, -0.2) is 23.6 Å². The Bertz CT molecular complexity index is 737. The van der Waals surface area contributed by atoms with Crippen LogP contribution in [-0.2, 0) is 17.6 Å². The standard InChI is InChI=1S/C18H19BrN2O2/c1-11-8-13(22)9-15(19)14(11)10-16(20)18(23)21-7-6-12-4-2-3-5-17(12)21/h2-5,8-9,16,22H,6-7,10,20H2,1H3/t16-/m0/s1. The van der Waals surface area contributed by atoms with E-state index < -0.39 is 6.04 Å². The van der Waals surface area contributed by atoms with Crippen molar-refractivity contribution in [3.05, 3.63) is 57.6 Å². The minimum absolute atomic E-state index is 0.0608. The number of halogens is 1. The Balaban J connectivity index is 1.80. The van der Waals surface area contributed by atoms with E-state index in [1.165, 1.54) is 5.56 Å². The normalized spacial score (nSPS) is 14.7. The maximum Gasteiger partial charge on any atom is 0.244 e. The van der Waals surface area contributed by atoms with Crippen LogP contribution in [0, 0.1) is 6.92 Å². The van der Waals surface area contributed by atoms with E-state index in [0.717, 1.165) is 27.7 Å². The highest BCUT2D eigenvalue weighted by molar-refractivity contribution is 9.10. The van der Waals surface area contributed by atoms with Crippen molar-refractivity contribution in [3.63, 3.8) is 0 Å². The van der Waals surface area contributed by atoms with Crippen LogP contribution < -0.4 is 10.6 Å². The number of nitrogens with zero attached hydrogens (tertiary/aromatic N) is 1. The Labute approximate surface area is 144 Å². The van der Waals surface area contributed by atoms with Gasteiger partial charge in [-0.25, -0.2) is 0 Å². The highest BCUT2D eigenvalue weighted by Gasteiger charge is 2.28. The number of benzene rings is 2. The Hall–Kier alpha value is -1.85. The third-order valence-electron chi connectivity index (χ3n) is 4.30. The molecule has 0 spiro atoms. The number of rotatable bonds is 3. The molecule has 0 unspecified atom stereocenters. The number of hydrogen-bond acceptors (Lipinski definition) is 3. The first-order valence-electron chi connectivity index (χ1n) is 7.60. The Morgan fingerprint density at radius 2 is 2.13 bits per heavy atom. The fraction of sp³-hybridized carbons (Fsp3) is 0.278. The van der Waals surface area contributed by atoms with Crippen molar-refractivity contribution >= 4 is 27.5 Å². The van der Waals surface area contributed by atoms with Gasteiger partial charge in [0.15, 0.2) is 0 Å². The van der Waals surface area contributed by atoms with Gasteiger partial charge < -0.3 is 15.7 Å². The largest absolute Gasteiger partial charge is 0.508 e. The van der Waals surface area contributed by atoms with E-state index in [2.05, 4.69) is 22.0 Å². The van der Waals surface area contributed by atoms with Crippen LogP contribution in [0.1, 0.15) is 16.7 Å². The van der Waals surface area contributed by atoms with Crippen LogP contribution in [0.25, 0.3) is 0 Å². The van der Waals surface area contributed by atoms with Crippen molar-refractivity contribution in [3.8, 4) is 5.75 Å². The van der Waals surface area contributed by atoms with Crippen molar-refractivity contribution in [2.24, 2.45) is 5.73 Å². The zero-order chi connectivity index (χ0) is 16.6. The minimum Gasteiger partial charge on any atom is -0.508 e. The van der Waals surface area contributed by atoms with Gasteiger partial charge in [-0.15, -0.1) is 0 Å². The van der Waals surface area contributed by atoms with Crippen LogP contribution in [0.5, 0.6) is 5.75 Å². The smallest absolute Gasteiger partial charge is 0.244 e. The zero-order valence-electron chi connectivity index (χ0n) is 12.9. The number of phenolic OH excluding ortho intramolecular Hbond substituents is 1. The molecule has 0 radical (unpaired) electrons. The molecule has 120 valence electrons. The molecule has 0 aromatic heterocycles. The van der Waals surface area contributed by atoms with E-state index in [9.17, 15) is 9.90 Å². The molecular weight excluding hydrogens is 356 g/mol. The summed E-state index contributed by atoms with van der Waals surface area (Å²) in [6.45, 7) is 2.59. The summed E-state index contributed by atoms with van der Waals surface area (Å²) in [5.41, 5.74) is 10.2. The van der Waals surface area contributed by atoms with Gasteiger partial charge in [-0.1, -0.05) is 34.1 Å². The van der Waals surface area contributed by atoms with E-state index in [1.54, 1.807) is 17.0 Å². The number of aromatic hydroxyl groups is 1. The highest BCUT2D eigenvalue weighted by Crippen LogP contribution is 2.30. The maximum absolute atomic E-state index is 12.7. The predicted molar refractivity (Wildman–Crippen MR) is 94.7 cm³/mol. The van der Waals surface area contributed by atoms with Gasteiger partial charge in [0, 0.05) is 16.7 Å². The van der Waals surface area contributed by atoms with Gasteiger partial charge in [0.05, 0.1) is 6.04 Å². The zero-order valence-corrected chi connectivity index (χ0v) is 14.5. The first-order valence-corrected chi connectivity index (χ1v) is 8.39. The molecule has 3 N–H and O–H groups in total. The van der Waals surface area contributed by atoms with Crippen LogP contribution in [0.3, 0.4) is 0 Å². The molecule has 1 aliphatic heterocycles. The number of carbonyl (C=O) groups is 1. The summed E-state index contributed by atoms with van der Waals surface area (Å²) in [5, 5.41) is 9.61. The van der Waals surface area contributed by atoms with Crippen molar-refractivity contribution in [1.82, 2.24) is 0 Å². The number of hydrogen-bond donors (Lipinski definition) is 2. The van der Waals surface area contributed by atoms with E-state index in [1.807, 2.05) is 25.1 Å². The minimum atomic E-state index is -0.610. The van der Waals surface area contributed by atoms with Gasteiger partial charge in [0.25, 0.3) is 0 Å². The third kappa shape index (κ3) is 3.12. The molecule has 0 bridgehead atoms. The van der Waals surface area contributed by atoms with Crippen molar-refractivity contribution in [2.75, 3.05) is 11.4 Å². The second-order valence-electron chi connectivity index (χ2n) is 5.90. The SMILES string of the molecule is Cc1cc(O)cc(Br)c1C[C@H](N)C(=O)N1CCc2ccccc21. The summed E-state index contributed by atoms with van der Waals surface area (Å²) in [6, 6.07) is 10.7. The summed E-state index contributed by atoms with van der Waals surface area (Å²) in [7, 11) is 0. The van der Waals surface area contributed by atoms with E-state index in [-0.39, 0.29) is 11.7 Å². The Morgan fingerprint density at radius 1 is 1.39 bits per heavy atom. The second kappa shape index (κ2) is 6.34. The molecule has 2 aromatic carbocycles. The summed E-state index contributed by atoms with van der Waals surface area (Å²) >= 11 is 3.44. The lowest BCUT2D eigenvalue weighted by molar-refractivity contribution is -0.119. The highest BCUT2D eigenvalue weighted by atomic mass is 79.9. The molecule has 0 aliphatic carbocycles. The molecule has 1 amide bonds. The molecule has 0 saturated carbocycles. The molecule has 23 heavy (non-hydrogen) atoms. The van der Waals surface area contributed by atoms with E-state index >= 15 is 0 Å². The molecule has 1 atom stereocenters. The maximum atomic E-state index is 12.7. The molecule has 2 aromatic rings. The molecule has 0 saturated heterocycles. The van der Waals surface area contributed by atoms with Crippen LogP contribution in [0.15, 0.2) is 40.9 Å². The molecule has 3 rings (SSSR count). The number of nitrogens with two attached hydrogens (primary N) is 1. The number of anilines is 1. The molecule has 0 fully saturated rings. The number of phenols is 1. The number of amides is 1. The number of carbonyl (C=O) groups excluding carboxylic acids is 1. The third-order valence-corrected chi connectivity index (χ3v) is 5.01. The fourth-order valence-corrected chi connectivity index (χ4v) is 3.80. The van der Waals surface area contributed by atoms with Crippen LogP contribution in [0.2, 0.25) is 0 Å². The molecule has 1 heterocycles. The Kier molecular flexibility index (Phi) is 4.41. The number of fused-ring (bicyclic) bond motifs is 1. The quantitative estimate of drug-likeness (QED) is 0.867. The van der Waals surface area contributed by atoms with Gasteiger partial charge in [0.2, 0.25) is 5.91 Å². The molecule has 1 aliphatic rings. The first-order chi connectivity index (χ1) is 11.0. The summed E-state index contributed by atoms with van der Waals surface area (Å²) in [6.07, 6.45) is 1.31. The lowest BCUT2D eigenvalue weighted by Crippen LogP contribution is -2.44. The lowest BCUT2D eigenvalue weighted by atomic mass is 10.0. The van der Waals surface area contributed by atoms with Gasteiger partial charge in [-0.05, 0) is 54.7 Å².